The first-order valence-electron chi connectivity index (χ1n) is 5.84. The third-order valence-corrected chi connectivity index (χ3v) is 3.66. The van der Waals surface area contributed by atoms with Crippen molar-refractivity contribution in [3.05, 3.63) is 61.2 Å². The number of aryl methyl sites for hydroxylation is 1. The summed E-state index contributed by atoms with van der Waals surface area (Å²) in [6.45, 7) is 1.69. The fourth-order valence-electron chi connectivity index (χ4n) is 1.69. The van der Waals surface area contributed by atoms with Crippen LogP contribution in [0.15, 0.2) is 36.4 Å². The van der Waals surface area contributed by atoms with Crippen molar-refractivity contribution in [2.24, 2.45) is 0 Å². The molecule has 0 fully saturated rings. The van der Waals surface area contributed by atoms with Crippen molar-refractivity contribution >= 4 is 34.2 Å². The highest BCUT2D eigenvalue weighted by Gasteiger charge is 2.12. The second-order valence-electron chi connectivity index (χ2n) is 4.26. The molecule has 6 nitrogen and oxygen atoms in total. The molecule has 0 aliphatic heterocycles. The molecule has 0 saturated carbocycles. The molecule has 0 saturated heterocycles. The molecule has 2 aromatic carbocycles. The minimum Gasteiger partial charge on any atom is -0.478 e. The third-order valence-electron chi connectivity index (χ3n) is 2.77. The van der Waals surface area contributed by atoms with Crippen molar-refractivity contribution in [2.75, 3.05) is 0 Å². The second kappa shape index (κ2) is 6.08. The van der Waals surface area contributed by atoms with E-state index >= 15 is 0 Å². The van der Waals surface area contributed by atoms with E-state index in [1.54, 1.807) is 13.0 Å². The molecule has 21 heavy (non-hydrogen) atoms. The topological polar surface area (TPSA) is 89.7 Å². The van der Waals surface area contributed by atoms with E-state index in [1.165, 1.54) is 30.3 Å². The number of non-ortho nitro benzene ring substituents is 1. The Bertz CT molecular complexity index is 729. The molecule has 0 radical (unpaired) electrons. The average Bonchev–Trinajstić information content (AvgIpc) is 2.42. The number of carboxylic acid groups (broad SMARTS) is 1. The van der Waals surface area contributed by atoms with Gasteiger partial charge in [0.15, 0.2) is 0 Å². The van der Waals surface area contributed by atoms with Crippen LogP contribution in [0, 0.1) is 20.6 Å². The van der Waals surface area contributed by atoms with Gasteiger partial charge < -0.3 is 9.84 Å². The van der Waals surface area contributed by atoms with Gasteiger partial charge in [-0.3, -0.25) is 10.1 Å². The van der Waals surface area contributed by atoms with Crippen molar-refractivity contribution in [1.82, 2.24) is 0 Å². The maximum atomic E-state index is 11.0. The normalized spacial score (nSPS) is 10.2. The fourth-order valence-corrected chi connectivity index (χ4v) is 2.14. The number of ether oxygens (including phenoxy) is 1. The Morgan fingerprint density at radius 3 is 2.52 bits per heavy atom. The summed E-state index contributed by atoms with van der Waals surface area (Å²) < 4.78 is 6.42. The van der Waals surface area contributed by atoms with Crippen LogP contribution in [-0.4, -0.2) is 16.0 Å². The lowest BCUT2D eigenvalue weighted by Crippen LogP contribution is -1.98. The zero-order chi connectivity index (χ0) is 15.6. The van der Waals surface area contributed by atoms with E-state index in [0.717, 1.165) is 3.57 Å². The van der Waals surface area contributed by atoms with Crippen LogP contribution in [0.3, 0.4) is 0 Å². The van der Waals surface area contributed by atoms with Crippen LogP contribution in [0.5, 0.6) is 11.5 Å². The van der Waals surface area contributed by atoms with Crippen LogP contribution < -0.4 is 4.74 Å². The molecule has 0 aromatic heterocycles. The van der Waals surface area contributed by atoms with Gasteiger partial charge in [-0.2, -0.15) is 0 Å². The van der Waals surface area contributed by atoms with Crippen molar-refractivity contribution in [3.8, 4) is 11.5 Å². The van der Waals surface area contributed by atoms with E-state index in [2.05, 4.69) is 0 Å². The molecule has 0 spiro atoms. The molecule has 108 valence electrons. The lowest BCUT2D eigenvalue weighted by atomic mass is 10.2. The molecule has 2 rings (SSSR count). The number of hydrogen-bond acceptors (Lipinski definition) is 4. The number of hydrogen-bond donors (Lipinski definition) is 1. The molecule has 0 aliphatic carbocycles. The van der Waals surface area contributed by atoms with E-state index in [-0.39, 0.29) is 11.3 Å². The van der Waals surface area contributed by atoms with Gasteiger partial charge in [0.05, 0.1) is 14.1 Å². The number of aromatic carboxylic acids is 1. The van der Waals surface area contributed by atoms with Crippen LogP contribution in [0.1, 0.15) is 15.9 Å². The molecule has 0 atom stereocenters. The SMILES string of the molecule is Cc1cc([N+](=O)[O-])ccc1Oc1cc(C(=O)O)ccc1I. The fraction of sp³-hybridized carbons (Fsp3) is 0.0714. The second-order valence-corrected chi connectivity index (χ2v) is 5.42. The van der Waals surface area contributed by atoms with Gasteiger partial charge in [0.25, 0.3) is 5.69 Å². The van der Waals surface area contributed by atoms with E-state index < -0.39 is 10.9 Å². The first-order chi connectivity index (χ1) is 9.88. The summed E-state index contributed by atoms with van der Waals surface area (Å²) in [7, 11) is 0. The molecule has 0 heterocycles. The average molecular weight is 399 g/mol. The van der Waals surface area contributed by atoms with Gasteiger partial charge in [0.1, 0.15) is 11.5 Å². The third kappa shape index (κ3) is 3.48. The first-order valence-corrected chi connectivity index (χ1v) is 6.92. The van der Waals surface area contributed by atoms with Crippen LogP contribution in [0.4, 0.5) is 5.69 Å². The highest BCUT2D eigenvalue weighted by molar-refractivity contribution is 14.1. The van der Waals surface area contributed by atoms with Crippen LogP contribution in [0.2, 0.25) is 0 Å². The van der Waals surface area contributed by atoms with Gasteiger partial charge >= 0.3 is 5.97 Å². The number of carbonyl (C=O) groups is 1. The zero-order valence-electron chi connectivity index (χ0n) is 10.9. The summed E-state index contributed by atoms with van der Waals surface area (Å²) in [6.07, 6.45) is 0. The molecule has 2 aromatic rings. The number of rotatable bonds is 4. The maximum Gasteiger partial charge on any atom is 0.335 e. The predicted molar refractivity (Wildman–Crippen MR) is 84.0 cm³/mol. The summed E-state index contributed by atoms with van der Waals surface area (Å²) in [5.74, 6) is -0.204. The van der Waals surface area contributed by atoms with Crippen molar-refractivity contribution in [2.45, 2.75) is 6.92 Å². The monoisotopic (exact) mass is 399 g/mol. The smallest absolute Gasteiger partial charge is 0.335 e. The Labute approximate surface area is 133 Å². The molecular formula is C14H10INO5. The summed E-state index contributed by atoms with van der Waals surface area (Å²) in [6, 6.07) is 8.79. The number of carboxylic acids is 1. The van der Waals surface area contributed by atoms with E-state index in [4.69, 9.17) is 9.84 Å². The van der Waals surface area contributed by atoms with Crippen LogP contribution in [-0.2, 0) is 0 Å². The van der Waals surface area contributed by atoms with Gasteiger partial charge in [0, 0.05) is 12.1 Å². The van der Waals surface area contributed by atoms with E-state index in [1.807, 2.05) is 22.6 Å². The van der Waals surface area contributed by atoms with Crippen LogP contribution >= 0.6 is 22.6 Å². The zero-order valence-corrected chi connectivity index (χ0v) is 13.0. The minimum absolute atomic E-state index is 0.0196. The molecule has 0 unspecified atom stereocenters. The Morgan fingerprint density at radius 1 is 1.24 bits per heavy atom. The van der Waals surface area contributed by atoms with Crippen molar-refractivity contribution < 1.29 is 19.6 Å². The predicted octanol–water partition coefficient (Wildman–Crippen LogP) is 4.00. The quantitative estimate of drug-likeness (QED) is 0.477. The maximum absolute atomic E-state index is 11.0. The number of benzene rings is 2. The Hall–Kier alpha value is -2.16. The number of nitro benzene ring substituents is 1. The molecule has 0 aliphatic rings. The van der Waals surface area contributed by atoms with Crippen molar-refractivity contribution in [3.63, 3.8) is 0 Å². The van der Waals surface area contributed by atoms with Gasteiger partial charge in [-0.25, -0.2) is 4.79 Å². The Kier molecular flexibility index (Phi) is 4.41. The largest absolute Gasteiger partial charge is 0.478 e. The van der Waals surface area contributed by atoms with Gasteiger partial charge in [0.2, 0.25) is 0 Å². The number of nitro groups is 1. The summed E-state index contributed by atoms with van der Waals surface area (Å²) in [5.41, 5.74) is 0.694. The minimum atomic E-state index is -1.04. The highest BCUT2D eigenvalue weighted by atomic mass is 127. The summed E-state index contributed by atoms with van der Waals surface area (Å²) in [4.78, 5) is 21.2. The molecule has 7 heteroatoms. The molecular weight excluding hydrogens is 389 g/mol. The number of halogens is 1. The van der Waals surface area contributed by atoms with Crippen molar-refractivity contribution in [1.29, 1.82) is 0 Å². The lowest BCUT2D eigenvalue weighted by Gasteiger charge is -2.10. The van der Waals surface area contributed by atoms with E-state index in [0.29, 0.717) is 17.1 Å². The summed E-state index contributed by atoms with van der Waals surface area (Å²) >= 11 is 2.03. The molecule has 1 N–H and O–H groups in total. The lowest BCUT2D eigenvalue weighted by molar-refractivity contribution is -0.384. The molecule has 0 amide bonds. The van der Waals surface area contributed by atoms with Gasteiger partial charge in [-0.15, -0.1) is 0 Å². The Balaban J connectivity index is 2.36. The Morgan fingerprint density at radius 2 is 1.95 bits per heavy atom. The van der Waals surface area contributed by atoms with Gasteiger partial charge in [-0.1, -0.05) is 0 Å². The van der Waals surface area contributed by atoms with Crippen LogP contribution in [0.25, 0.3) is 0 Å². The van der Waals surface area contributed by atoms with Gasteiger partial charge in [-0.05, 0) is 59.3 Å². The first kappa shape index (κ1) is 15.2. The standard InChI is InChI=1S/C14H10INO5/c1-8-6-10(16(19)20)3-5-12(8)21-13-7-9(14(17)18)2-4-11(13)15/h2-7H,1H3,(H,17,18). The van der Waals surface area contributed by atoms with E-state index in [9.17, 15) is 14.9 Å². The number of nitrogens with zero attached hydrogens (tertiary/aromatic N) is 1. The summed E-state index contributed by atoms with van der Waals surface area (Å²) in [5, 5.41) is 19.7. The highest BCUT2D eigenvalue weighted by Crippen LogP contribution is 2.31. The molecule has 0 bridgehead atoms.